The number of aromatic nitrogens is 4. The number of aliphatic hydroxyl groups is 2. The molecule has 4 heterocycles. The molecular formula is C21H33F3N6O11. The highest BCUT2D eigenvalue weighted by Gasteiger charge is 2.38. The van der Waals surface area contributed by atoms with E-state index in [1.807, 2.05) is 22.7 Å². The number of amides is 2. The van der Waals surface area contributed by atoms with Gasteiger partial charge in [0.1, 0.15) is 6.54 Å². The molecule has 1 fully saturated rings. The van der Waals surface area contributed by atoms with Crippen molar-refractivity contribution in [1.29, 1.82) is 0 Å². The molecule has 0 aromatic carbocycles. The lowest BCUT2D eigenvalue weighted by Crippen LogP contribution is -2.42. The van der Waals surface area contributed by atoms with Crippen molar-refractivity contribution in [3.05, 3.63) is 30.4 Å². The normalized spacial score (nSPS) is 17.5. The van der Waals surface area contributed by atoms with E-state index in [9.17, 15) is 27.6 Å². The van der Waals surface area contributed by atoms with Gasteiger partial charge in [0.05, 0.1) is 11.7 Å². The van der Waals surface area contributed by atoms with Crippen LogP contribution < -0.4 is 5.32 Å². The average molecular weight is 603 g/mol. The summed E-state index contributed by atoms with van der Waals surface area (Å²) in [5, 5.41) is 34.5. The van der Waals surface area contributed by atoms with Crippen LogP contribution in [0.1, 0.15) is 25.0 Å². The molecule has 20 heteroatoms. The number of hydrogen-bond acceptors (Lipinski definition) is 7. The number of aliphatic carboxylic acids is 2. The van der Waals surface area contributed by atoms with Crippen molar-refractivity contribution in [3.8, 4) is 0 Å². The minimum atomic E-state index is -4.42. The molecule has 0 aliphatic carbocycles. The molecular weight excluding hydrogens is 569 g/mol. The molecule has 2 unspecified atom stereocenters. The summed E-state index contributed by atoms with van der Waals surface area (Å²) < 4.78 is 39.2. The summed E-state index contributed by atoms with van der Waals surface area (Å²) in [5.74, 6) is -3.41. The minimum Gasteiger partial charge on any atom is -0.479 e. The van der Waals surface area contributed by atoms with E-state index >= 15 is 0 Å². The van der Waals surface area contributed by atoms with Crippen molar-refractivity contribution in [2.75, 3.05) is 19.6 Å². The second-order valence-electron chi connectivity index (χ2n) is 8.37. The molecule has 234 valence electrons. The number of likely N-dealkylation sites (tertiary alicyclic amines) is 1. The van der Waals surface area contributed by atoms with E-state index in [-0.39, 0.29) is 33.7 Å². The zero-order valence-corrected chi connectivity index (χ0v) is 21.4. The van der Waals surface area contributed by atoms with E-state index in [0.29, 0.717) is 18.7 Å². The zero-order valence-electron chi connectivity index (χ0n) is 21.4. The number of aliphatic hydroxyl groups excluding tert-OH is 2. The molecule has 1 saturated heterocycles. The number of alkyl halides is 3. The number of aromatic amines is 1. The lowest BCUT2D eigenvalue weighted by molar-refractivity contribution is -0.165. The molecule has 3 aromatic heterocycles. The van der Waals surface area contributed by atoms with Gasteiger partial charge < -0.3 is 57.5 Å². The first-order valence-electron chi connectivity index (χ1n) is 11.0. The molecule has 4 rings (SSSR count). The van der Waals surface area contributed by atoms with Gasteiger partial charge in [-0.2, -0.15) is 13.2 Å². The number of nitrogens with zero attached hydrogens (tertiary/aromatic N) is 4. The van der Waals surface area contributed by atoms with Crippen molar-refractivity contribution in [2.24, 2.45) is 5.92 Å². The molecule has 0 bridgehead atoms. The Hall–Kier alpha value is -4.08. The number of H-pyrrole nitrogens is 1. The van der Waals surface area contributed by atoms with E-state index in [1.165, 1.54) is 4.90 Å². The van der Waals surface area contributed by atoms with Crippen LogP contribution in [0.25, 0.3) is 16.8 Å². The summed E-state index contributed by atoms with van der Waals surface area (Å²) >= 11 is 0. The molecule has 41 heavy (non-hydrogen) atoms. The molecule has 2 amide bonds. The zero-order chi connectivity index (χ0) is 27.5. The Balaban J connectivity index is 0. The highest BCUT2D eigenvalue weighted by molar-refractivity contribution is 5.83. The topological polar surface area (TPSA) is 319 Å². The van der Waals surface area contributed by atoms with Gasteiger partial charge in [-0.3, -0.25) is 4.40 Å². The number of carbonyl (C=O) groups is 3. The summed E-state index contributed by atoms with van der Waals surface area (Å²) in [5.41, 5.74) is 3.25. The van der Waals surface area contributed by atoms with Gasteiger partial charge in [-0.1, -0.05) is 13.3 Å². The maximum absolute atomic E-state index is 12.4. The number of carbonyl (C=O) groups excluding carboxylic acids is 1. The fourth-order valence-electron chi connectivity index (χ4n) is 4.10. The minimum absolute atomic E-state index is 0. The number of hydrogen-bond donors (Lipinski definition) is 6. The van der Waals surface area contributed by atoms with Gasteiger partial charge in [0.2, 0.25) is 0 Å². The van der Waals surface area contributed by atoms with E-state index in [0.717, 1.165) is 23.3 Å². The number of imidazole rings is 1. The molecule has 0 spiro atoms. The smallest absolute Gasteiger partial charge is 0.405 e. The Labute approximate surface area is 228 Å². The number of carboxylic acids is 2. The third-order valence-corrected chi connectivity index (χ3v) is 5.95. The summed E-state index contributed by atoms with van der Waals surface area (Å²) in [4.78, 5) is 45.0. The third-order valence-electron chi connectivity index (χ3n) is 5.95. The van der Waals surface area contributed by atoms with Gasteiger partial charge in [-0.15, -0.1) is 0 Å². The van der Waals surface area contributed by atoms with Crippen LogP contribution in [0.15, 0.2) is 24.7 Å². The second kappa shape index (κ2) is 15.6. The number of rotatable bonds is 6. The summed E-state index contributed by atoms with van der Waals surface area (Å²) in [6.07, 6.45) is -2.91. The summed E-state index contributed by atoms with van der Waals surface area (Å²) in [7, 11) is 0. The maximum atomic E-state index is 12.4. The lowest BCUT2D eigenvalue weighted by Gasteiger charge is -2.18. The van der Waals surface area contributed by atoms with Crippen LogP contribution in [-0.4, -0.2) is 123 Å². The Morgan fingerprint density at radius 1 is 1.05 bits per heavy atom. The fraction of sp³-hybridized carbons (Fsp3) is 0.476. The van der Waals surface area contributed by atoms with E-state index in [4.69, 9.17) is 20.4 Å². The molecule has 1 aliphatic rings. The molecule has 3 aromatic rings. The highest BCUT2D eigenvalue weighted by atomic mass is 19.4. The molecule has 14 N–H and O–H groups in total. The van der Waals surface area contributed by atoms with Crippen LogP contribution in [0.3, 0.4) is 0 Å². The van der Waals surface area contributed by atoms with Crippen LogP contribution in [0.4, 0.5) is 18.0 Å². The van der Waals surface area contributed by atoms with Gasteiger partial charge >= 0.3 is 24.1 Å². The number of halogens is 3. The first kappa shape index (κ1) is 39.1. The number of fused-ring (bicyclic) bond motifs is 3. The van der Waals surface area contributed by atoms with Crippen molar-refractivity contribution in [2.45, 2.75) is 37.6 Å². The standard InChI is InChI=1S/C17H19F3N6O.C4H6O6.4H2O/c1-2-10-7-25(16(27)24-9-17(18,19)20)8-11(10)13-5-22-14-6-23-15-12(26(13)14)3-4-21-15;5-1(3(7)8)2(6)4(9)10;;;;/h3-6,10-11,21H,2,7-9H2,1H3,(H,24,27);1-2,5-6H,(H,7,8)(H,9,10);4*1H2/t10-,11+;;;;;/m1...../s1. The predicted molar refractivity (Wildman–Crippen MR) is 134 cm³/mol. The van der Waals surface area contributed by atoms with Crippen molar-refractivity contribution < 1.29 is 69.9 Å². The van der Waals surface area contributed by atoms with Crippen molar-refractivity contribution >= 4 is 34.8 Å². The predicted octanol–water partition coefficient (Wildman–Crippen LogP) is -2.51. The molecule has 1 aliphatic heterocycles. The number of urea groups is 1. The Morgan fingerprint density at radius 3 is 2.15 bits per heavy atom. The van der Waals surface area contributed by atoms with Gasteiger partial charge in [0.25, 0.3) is 0 Å². The monoisotopic (exact) mass is 602 g/mol. The quantitative estimate of drug-likeness (QED) is 0.173. The van der Waals surface area contributed by atoms with Crippen LogP contribution >= 0.6 is 0 Å². The largest absolute Gasteiger partial charge is 0.479 e. The maximum Gasteiger partial charge on any atom is 0.405 e. The summed E-state index contributed by atoms with van der Waals surface area (Å²) in [6, 6.07) is 1.22. The first-order chi connectivity index (χ1) is 17.3. The molecule has 4 atom stereocenters. The van der Waals surface area contributed by atoms with E-state index in [1.54, 1.807) is 18.6 Å². The average Bonchev–Trinajstić information content (AvgIpc) is 3.57. The number of nitrogens with one attached hydrogen (secondary N) is 2. The highest BCUT2D eigenvalue weighted by Crippen LogP contribution is 2.36. The van der Waals surface area contributed by atoms with E-state index < -0.39 is 42.9 Å². The molecule has 0 saturated carbocycles. The van der Waals surface area contributed by atoms with Gasteiger partial charge in [-0.25, -0.2) is 24.4 Å². The SMILES string of the molecule is CC[C@@H]1CN(C(=O)NCC(F)(F)F)C[C@@H]1c1cnc2cnc3[nH]ccc3n12.O.O.O.O.O=C(O)C(O)C(O)C(=O)O. The van der Waals surface area contributed by atoms with Crippen molar-refractivity contribution in [3.63, 3.8) is 0 Å². The van der Waals surface area contributed by atoms with Gasteiger partial charge in [0.15, 0.2) is 23.5 Å². The number of carboxylic acid groups (broad SMARTS) is 2. The molecule has 17 nitrogen and oxygen atoms in total. The Bertz CT molecular complexity index is 1270. The van der Waals surface area contributed by atoms with Crippen LogP contribution in [-0.2, 0) is 9.59 Å². The second-order valence-corrected chi connectivity index (χ2v) is 8.37. The first-order valence-corrected chi connectivity index (χ1v) is 11.0. The van der Waals surface area contributed by atoms with Gasteiger partial charge in [-0.05, 0) is 12.0 Å². The van der Waals surface area contributed by atoms with E-state index in [2.05, 4.69) is 15.0 Å². The summed E-state index contributed by atoms with van der Waals surface area (Å²) in [6.45, 7) is 1.46. The Morgan fingerprint density at radius 2 is 1.63 bits per heavy atom. The molecule has 0 radical (unpaired) electrons. The lowest BCUT2D eigenvalue weighted by atomic mass is 9.91. The van der Waals surface area contributed by atoms with Gasteiger partial charge in [0, 0.05) is 37.1 Å². The third kappa shape index (κ3) is 8.96. The van der Waals surface area contributed by atoms with Crippen molar-refractivity contribution in [1.82, 2.24) is 29.6 Å². The van der Waals surface area contributed by atoms with Crippen LogP contribution in [0.5, 0.6) is 0 Å². The van der Waals surface area contributed by atoms with Crippen LogP contribution in [0, 0.1) is 5.92 Å². The Kier molecular flexibility index (Phi) is 14.9. The van der Waals surface area contributed by atoms with Crippen LogP contribution in [0.2, 0.25) is 0 Å². The fourth-order valence-corrected chi connectivity index (χ4v) is 4.10.